The lowest BCUT2D eigenvalue weighted by atomic mass is 10.2. The maximum atomic E-state index is 12.1. The van der Waals surface area contributed by atoms with E-state index >= 15 is 0 Å². The van der Waals surface area contributed by atoms with E-state index in [1.807, 2.05) is 0 Å². The molecule has 0 spiro atoms. The van der Waals surface area contributed by atoms with Crippen LogP contribution in [-0.2, 0) is 10.0 Å². The third kappa shape index (κ3) is 4.27. The second kappa shape index (κ2) is 6.47. The molecule has 1 unspecified atom stereocenters. The molecule has 0 aliphatic carbocycles. The van der Waals surface area contributed by atoms with Crippen molar-refractivity contribution in [2.24, 2.45) is 0 Å². The third-order valence-corrected chi connectivity index (χ3v) is 5.33. The highest BCUT2D eigenvalue weighted by atomic mass is 32.2. The molecule has 1 heterocycles. The highest BCUT2D eigenvalue weighted by Gasteiger charge is 2.26. The summed E-state index contributed by atoms with van der Waals surface area (Å²) in [5, 5.41) is 19.6. The average molecular weight is 307 g/mol. The summed E-state index contributed by atoms with van der Waals surface area (Å²) < 4.78 is 26.5. The van der Waals surface area contributed by atoms with Crippen LogP contribution in [0.25, 0.3) is 0 Å². The number of aryl methyl sites for hydroxylation is 1. The Morgan fingerprint density at radius 2 is 2.16 bits per heavy atom. The van der Waals surface area contributed by atoms with Gasteiger partial charge in [0.25, 0.3) is 0 Å². The van der Waals surface area contributed by atoms with Gasteiger partial charge < -0.3 is 10.2 Å². The summed E-state index contributed by atoms with van der Waals surface area (Å²) in [7, 11) is -3.82. The first-order valence-electron chi connectivity index (χ1n) is 5.75. The van der Waals surface area contributed by atoms with Crippen molar-refractivity contribution in [2.75, 3.05) is 6.54 Å². The fourth-order valence-corrected chi connectivity index (χ4v) is 4.29. The molecular weight excluding hydrogens is 290 g/mol. The number of aliphatic hydroxyl groups is 1. The Balaban J connectivity index is 2.83. The van der Waals surface area contributed by atoms with E-state index in [0.29, 0.717) is 18.4 Å². The van der Waals surface area contributed by atoms with Crippen LogP contribution < -0.4 is 4.72 Å². The molecular formula is C11H17NO5S2. The summed E-state index contributed by atoms with van der Waals surface area (Å²) in [5.41, 5.74) is 0.422. The topological polar surface area (TPSA) is 104 Å². The highest BCUT2D eigenvalue weighted by Crippen LogP contribution is 2.26. The van der Waals surface area contributed by atoms with Crippen molar-refractivity contribution >= 4 is 27.3 Å². The van der Waals surface area contributed by atoms with Gasteiger partial charge in [-0.05, 0) is 37.6 Å². The molecule has 8 heteroatoms. The Labute approximate surface area is 116 Å². The number of hydrogen-bond donors (Lipinski definition) is 3. The van der Waals surface area contributed by atoms with Crippen molar-refractivity contribution < 1.29 is 23.4 Å². The van der Waals surface area contributed by atoms with Crippen molar-refractivity contribution in [3.63, 3.8) is 0 Å². The monoisotopic (exact) mass is 307 g/mol. The largest absolute Gasteiger partial charge is 0.477 e. The molecule has 108 valence electrons. The number of hydrogen-bond acceptors (Lipinski definition) is 5. The first-order chi connectivity index (χ1) is 8.75. The molecule has 0 radical (unpaired) electrons. The average Bonchev–Trinajstić information content (AvgIpc) is 2.67. The van der Waals surface area contributed by atoms with Gasteiger partial charge in [-0.25, -0.2) is 17.9 Å². The van der Waals surface area contributed by atoms with Crippen molar-refractivity contribution in [1.82, 2.24) is 4.72 Å². The predicted molar refractivity (Wildman–Crippen MR) is 72.1 cm³/mol. The SMILES string of the molecule is Cc1csc(C(=O)O)c1S(=O)(=O)NCCCC(C)O. The van der Waals surface area contributed by atoms with Crippen LogP contribution in [0.1, 0.15) is 35.0 Å². The molecule has 0 bridgehead atoms. The van der Waals surface area contributed by atoms with E-state index < -0.39 is 22.1 Å². The van der Waals surface area contributed by atoms with Gasteiger partial charge in [-0.1, -0.05) is 0 Å². The minimum absolute atomic E-state index is 0.165. The van der Waals surface area contributed by atoms with Gasteiger partial charge in [0.05, 0.1) is 6.10 Å². The van der Waals surface area contributed by atoms with E-state index in [1.165, 1.54) is 5.38 Å². The second-order valence-corrected chi connectivity index (χ2v) is 6.85. The van der Waals surface area contributed by atoms with Crippen LogP contribution in [0.2, 0.25) is 0 Å². The van der Waals surface area contributed by atoms with Gasteiger partial charge >= 0.3 is 5.97 Å². The van der Waals surface area contributed by atoms with Gasteiger partial charge in [0.2, 0.25) is 10.0 Å². The van der Waals surface area contributed by atoms with E-state index in [1.54, 1.807) is 13.8 Å². The number of carboxylic acid groups (broad SMARTS) is 1. The van der Waals surface area contributed by atoms with Crippen molar-refractivity contribution in [3.05, 3.63) is 15.8 Å². The molecule has 0 saturated heterocycles. The summed E-state index contributed by atoms with van der Waals surface area (Å²) in [6.07, 6.45) is 0.487. The molecule has 1 rings (SSSR count). The normalized spacial score (nSPS) is 13.4. The third-order valence-electron chi connectivity index (χ3n) is 2.47. The van der Waals surface area contributed by atoms with Crippen LogP contribution in [0.5, 0.6) is 0 Å². The number of carboxylic acids is 1. The predicted octanol–water partition coefficient (Wildman–Crippen LogP) is 1.19. The Morgan fingerprint density at radius 1 is 1.53 bits per heavy atom. The molecule has 1 atom stereocenters. The van der Waals surface area contributed by atoms with Crippen molar-refractivity contribution in [2.45, 2.75) is 37.7 Å². The van der Waals surface area contributed by atoms with E-state index in [0.717, 1.165) is 11.3 Å². The molecule has 6 nitrogen and oxygen atoms in total. The number of rotatable bonds is 7. The lowest BCUT2D eigenvalue weighted by Crippen LogP contribution is -2.26. The zero-order chi connectivity index (χ0) is 14.6. The maximum Gasteiger partial charge on any atom is 0.347 e. The summed E-state index contributed by atoms with van der Waals surface area (Å²) in [5.74, 6) is -1.25. The fourth-order valence-electron chi connectivity index (χ4n) is 1.59. The number of nitrogens with one attached hydrogen (secondary N) is 1. The lowest BCUT2D eigenvalue weighted by Gasteiger charge is -2.08. The molecule has 3 N–H and O–H groups in total. The van der Waals surface area contributed by atoms with Crippen LogP contribution >= 0.6 is 11.3 Å². The molecule has 0 fully saturated rings. The summed E-state index contributed by atoms with van der Waals surface area (Å²) in [4.78, 5) is 10.6. The molecule has 1 aromatic heterocycles. The summed E-state index contributed by atoms with van der Waals surface area (Å²) in [6.45, 7) is 3.36. The van der Waals surface area contributed by atoms with Gasteiger partial charge in [-0.2, -0.15) is 0 Å². The van der Waals surface area contributed by atoms with E-state index in [9.17, 15) is 13.2 Å². The van der Waals surface area contributed by atoms with Crippen LogP contribution in [0.4, 0.5) is 0 Å². The minimum atomic E-state index is -3.82. The number of thiophene rings is 1. The molecule has 0 aromatic carbocycles. The van der Waals surface area contributed by atoms with Crippen LogP contribution in [0, 0.1) is 6.92 Å². The van der Waals surface area contributed by atoms with Crippen molar-refractivity contribution in [1.29, 1.82) is 0 Å². The maximum absolute atomic E-state index is 12.1. The minimum Gasteiger partial charge on any atom is -0.477 e. The van der Waals surface area contributed by atoms with Gasteiger partial charge in [0.1, 0.15) is 9.77 Å². The highest BCUT2D eigenvalue weighted by molar-refractivity contribution is 7.89. The Kier molecular flexibility index (Phi) is 5.48. The van der Waals surface area contributed by atoms with Crippen LogP contribution in [0.3, 0.4) is 0 Å². The summed E-state index contributed by atoms with van der Waals surface area (Å²) >= 11 is 0.897. The lowest BCUT2D eigenvalue weighted by molar-refractivity contribution is 0.0698. The molecule has 0 amide bonds. The van der Waals surface area contributed by atoms with E-state index in [-0.39, 0.29) is 16.3 Å². The van der Waals surface area contributed by atoms with Crippen molar-refractivity contribution in [3.8, 4) is 0 Å². The number of aromatic carboxylic acids is 1. The van der Waals surface area contributed by atoms with Crippen LogP contribution in [-0.4, -0.2) is 37.2 Å². The Morgan fingerprint density at radius 3 is 2.68 bits per heavy atom. The van der Waals surface area contributed by atoms with E-state index in [4.69, 9.17) is 10.2 Å². The van der Waals surface area contributed by atoms with Gasteiger partial charge in [-0.3, -0.25) is 0 Å². The zero-order valence-corrected chi connectivity index (χ0v) is 12.3. The molecule has 0 saturated carbocycles. The first kappa shape index (κ1) is 16.1. The fraction of sp³-hybridized carbons (Fsp3) is 0.545. The quantitative estimate of drug-likeness (QED) is 0.657. The smallest absolute Gasteiger partial charge is 0.347 e. The molecule has 0 aliphatic heterocycles. The number of aliphatic hydroxyl groups excluding tert-OH is 1. The molecule has 0 aliphatic rings. The van der Waals surface area contributed by atoms with Gasteiger partial charge in [0, 0.05) is 6.54 Å². The zero-order valence-electron chi connectivity index (χ0n) is 10.7. The second-order valence-electron chi connectivity index (χ2n) is 4.27. The van der Waals surface area contributed by atoms with Crippen LogP contribution in [0.15, 0.2) is 10.3 Å². The molecule has 19 heavy (non-hydrogen) atoms. The number of carbonyl (C=O) groups is 1. The van der Waals surface area contributed by atoms with E-state index in [2.05, 4.69) is 4.72 Å². The first-order valence-corrected chi connectivity index (χ1v) is 8.11. The molecule has 1 aromatic rings. The Bertz CT molecular complexity index is 547. The standard InChI is InChI=1S/C11H17NO5S2/c1-7-6-18-9(11(14)15)10(7)19(16,17)12-5-3-4-8(2)13/h6,8,12-13H,3-5H2,1-2H3,(H,14,15). The summed E-state index contributed by atoms with van der Waals surface area (Å²) in [6, 6.07) is 0. The number of sulfonamides is 1. The van der Waals surface area contributed by atoms with Gasteiger partial charge in [0.15, 0.2) is 0 Å². The Hall–Kier alpha value is -0.960. The van der Waals surface area contributed by atoms with Gasteiger partial charge in [-0.15, -0.1) is 11.3 Å².